The van der Waals surface area contributed by atoms with Gasteiger partial charge in [0.2, 0.25) is 9.84 Å². The molecule has 1 atom stereocenters. The van der Waals surface area contributed by atoms with Crippen molar-refractivity contribution in [3.8, 4) is 0 Å². The normalized spacial score (nSPS) is 13.1. The Morgan fingerprint density at radius 2 is 2.00 bits per heavy atom. The highest BCUT2D eigenvalue weighted by Gasteiger charge is 2.33. The lowest BCUT2D eigenvalue weighted by Crippen LogP contribution is -2.35. The molecule has 0 spiro atoms. The maximum Gasteiger partial charge on any atom is 0.416 e. The van der Waals surface area contributed by atoms with Crippen LogP contribution in [0.4, 0.5) is 23.2 Å². The van der Waals surface area contributed by atoms with Crippen molar-refractivity contribution in [2.75, 3.05) is 26.0 Å². The van der Waals surface area contributed by atoms with Gasteiger partial charge in [0.25, 0.3) is 5.91 Å². The van der Waals surface area contributed by atoms with Crippen LogP contribution in [0.5, 0.6) is 0 Å². The number of carbonyl (C=O) groups excluding carboxylic acids is 1. The molecule has 0 saturated carbocycles. The Labute approximate surface area is 168 Å². The number of halogens is 4. The number of nitrogens with two attached hydrogens (primary N) is 1. The Balaban J connectivity index is 2.30. The third-order valence-electron chi connectivity index (χ3n) is 3.82. The van der Waals surface area contributed by atoms with Crippen molar-refractivity contribution in [1.82, 2.24) is 10.3 Å². The minimum absolute atomic E-state index is 0.0426. The fraction of sp³-hybridized carbons (Fsp3) is 0.294. The average molecular weight is 451 g/mol. The maximum atomic E-state index is 14.1. The van der Waals surface area contributed by atoms with Crippen molar-refractivity contribution in [3.05, 3.63) is 47.5 Å². The third kappa shape index (κ3) is 5.23. The highest BCUT2D eigenvalue weighted by atomic mass is 32.2. The Hall–Kier alpha value is -2.77. The molecule has 0 aliphatic rings. The van der Waals surface area contributed by atoms with Crippen LogP contribution >= 0.6 is 0 Å². The summed E-state index contributed by atoms with van der Waals surface area (Å²) >= 11 is 0. The number of anilines is 1. The zero-order chi connectivity index (χ0) is 22.7. The summed E-state index contributed by atoms with van der Waals surface area (Å²) in [5, 5.41) is 11.8. The summed E-state index contributed by atoms with van der Waals surface area (Å²) in [4.78, 5) is 14.1. The molecule has 1 amide bonds. The van der Waals surface area contributed by atoms with E-state index < -0.39 is 49.2 Å². The van der Waals surface area contributed by atoms with E-state index in [4.69, 9.17) is 10.5 Å². The molecule has 13 heteroatoms. The lowest BCUT2D eigenvalue weighted by molar-refractivity contribution is -0.137. The number of alkyl halides is 3. The molecule has 0 bridgehead atoms. The molecule has 2 aromatic rings. The number of rotatable bonds is 7. The van der Waals surface area contributed by atoms with Gasteiger partial charge in [-0.1, -0.05) is 0 Å². The van der Waals surface area contributed by atoms with Gasteiger partial charge in [0, 0.05) is 19.9 Å². The summed E-state index contributed by atoms with van der Waals surface area (Å²) in [6.07, 6.45) is -5.12. The molecule has 1 heterocycles. The number of methoxy groups -OCH3 is 1. The van der Waals surface area contributed by atoms with Gasteiger partial charge in [0.1, 0.15) is 10.7 Å². The van der Waals surface area contributed by atoms with Crippen molar-refractivity contribution < 1.29 is 40.6 Å². The lowest BCUT2D eigenvalue weighted by Gasteiger charge is -2.12. The van der Waals surface area contributed by atoms with E-state index in [0.29, 0.717) is 12.1 Å². The zero-order valence-corrected chi connectivity index (χ0v) is 16.2. The van der Waals surface area contributed by atoms with E-state index in [1.807, 2.05) is 0 Å². The summed E-state index contributed by atoms with van der Waals surface area (Å²) in [5.41, 5.74) is 3.59. The number of hydrogen-bond donors (Lipinski definition) is 3. The van der Waals surface area contributed by atoms with E-state index in [1.54, 1.807) is 0 Å². The predicted octanol–water partition coefficient (Wildman–Crippen LogP) is 1.39. The molecule has 8 nitrogen and oxygen atoms in total. The first kappa shape index (κ1) is 23.5. The van der Waals surface area contributed by atoms with Gasteiger partial charge in [-0.2, -0.15) is 13.2 Å². The molecule has 1 aromatic heterocycles. The van der Waals surface area contributed by atoms with Gasteiger partial charge in [-0.15, -0.1) is 0 Å². The fourth-order valence-electron chi connectivity index (χ4n) is 2.37. The molecular weight excluding hydrogens is 434 g/mol. The molecule has 164 valence electrons. The average Bonchev–Trinajstić information content (AvgIpc) is 2.65. The minimum Gasteiger partial charge on any atom is -0.397 e. The number of aliphatic hydroxyl groups excluding tert-OH is 1. The first-order valence-electron chi connectivity index (χ1n) is 8.20. The third-order valence-corrected chi connectivity index (χ3v) is 5.58. The molecule has 0 radical (unpaired) electrons. The zero-order valence-electron chi connectivity index (χ0n) is 15.4. The lowest BCUT2D eigenvalue weighted by atomic mass is 10.2. The number of nitrogens with zero attached hydrogens (tertiary/aromatic N) is 1. The summed E-state index contributed by atoms with van der Waals surface area (Å²) < 4.78 is 81.9. The number of nitrogen functional groups attached to an aromatic ring is 1. The summed E-state index contributed by atoms with van der Waals surface area (Å²) in [6, 6.07) is 1.82. The van der Waals surface area contributed by atoms with Crippen LogP contribution in [0.25, 0.3) is 0 Å². The summed E-state index contributed by atoms with van der Waals surface area (Å²) in [6.45, 7) is -0.232. The van der Waals surface area contributed by atoms with Crippen molar-refractivity contribution in [2.45, 2.75) is 22.1 Å². The number of sulfone groups is 1. The van der Waals surface area contributed by atoms with Crippen molar-refractivity contribution in [2.24, 2.45) is 0 Å². The van der Waals surface area contributed by atoms with Crippen LogP contribution in [0.2, 0.25) is 0 Å². The van der Waals surface area contributed by atoms with Crippen LogP contribution in [0, 0.1) is 5.82 Å². The largest absolute Gasteiger partial charge is 0.416 e. The standard InChI is InChI=1S/C17H17F4N3O5S/c1-29-8-10(25)6-24-16(26)15-13(22)5-11(7-23-15)30(27,28)14-3-2-9(4-12(14)18)17(19,20)21/h2-5,7,10,25H,6,8,22H2,1H3,(H,24,26)/t10-/m1/s1. The van der Waals surface area contributed by atoms with Crippen LogP contribution in [0.15, 0.2) is 40.3 Å². The minimum atomic E-state index is -4.85. The number of ether oxygens (including phenoxy) is 1. The van der Waals surface area contributed by atoms with Gasteiger partial charge in [-0.05, 0) is 24.3 Å². The molecule has 0 fully saturated rings. The van der Waals surface area contributed by atoms with E-state index in [1.165, 1.54) is 7.11 Å². The first-order chi connectivity index (χ1) is 13.9. The topological polar surface area (TPSA) is 132 Å². The number of amides is 1. The molecule has 4 N–H and O–H groups in total. The fourth-order valence-corrected chi connectivity index (χ4v) is 3.66. The van der Waals surface area contributed by atoms with Crippen LogP contribution in [0.3, 0.4) is 0 Å². The number of pyridine rings is 1. The van der Waals surface area contributed by atoms with Crippen molar-refractivity contribution in [3.63, 3.8) is 0 Å². The van der Waals surface area contributed by atoms with Gasteiger partial charge in [-0.3, -0.25) is 4.79 Å². The van der Waals surface area contributed by atoms with E-state index in [9.17, 15) is 35.9 Å². The van der Waals surface area contributed by atoms with E-state index in [0.717, 1.165) is 12.3 Å². The highest BCUT2D eigenvalue weighted by molar-refractivity contribution is 7.91. The molecule has 1 aromatic carbocycles. The molecule has 0 saturated heterocycles. The first-order valence-corrected chi connectivity index (χ1v) is 9.68. The quantitative estimate of drug-likeness (QED) is 0.542. The van der Waals surface area contributed by atoms with Gasteiger partial charge in [-0.25, -0.2) is 17.8 Å². The van der Waals surface area contributed by atoms with E-state index >= 15 is 0 Å². The second-order valence-electron chi connectivity index (χ2n) is 6.07. The van der Waals surface area contributed by atoms with Crippen LogP contribution in [-0.4, -0.2) is 50.8 Å². The molecule has 2 rings (SSSR count). The predicted molar refractivity (Wildman–Crippen MR) is 95.7 cm³/mol. The number of benzene rings is 1. The van der Waals surface area contributed by atoms with Crippen LogP contribution in [0.1, 0.15) is 16.1 Å². The van der Waals surface area contributed by atoms with Crippen LogP contribution in [-0.2, 0) is 20.8 Å². The van der Waals surface area contributed by atoms with Crippen LogP contribution < -0.4 is 11.1 Å². The monoisotopic (exact) mass is 451 g/mol. The second-order valence-corrected chi connectivity index (χ2v) is 7.99. The van der Waals surface area contributed by atoms with E-state index in [-0.39, 0.29) is 30.6 Å². The molecule has 0 unspecified atom stereocenters. The maximum absolute atomic E-state index is 14.1. The number of hydrogen-bond acceptors (Lipinski definition) is 7. The molecule has 0 aliphatic heterocycles. The van der Waals surface area contributed by atoms with Gasteiger partial charge < -0.3 is 20.9 Å². The number of carbonyl (C=O) groups is 1. The highest BCUT2D eigenvalue weighted by Crippen LogP contribution is 2.32. The smallest absolute Gasteiger partial charge is 0.397 e. The van der Waals surface area contributed by atoms with E-state index in [2.05, 4.69) is 10.3 Å². The summed E-state index contributed by atoms with van der Waals surface area (Å²) in [7, 11) is -3.25. The molecule has 30 heavy (non-hydrogen) atoms. The Morgan fingerprint density at radius 3 is 2.53 bits per heavy atom. The molecule has 0 aliphatic carbocycles. The number of aliphatic hydroxyl groups is 1. The van der Waals surface area contributed by atoms with Crippen molar-refractivity contribution in [1.29, 1.82) is 0 Å². The second kappa shape index (κ2) is 8.93. The SMILES string of the molecule is COC[C@H](O)CNC(=O)c1ncc(S(=O)(=O)c2ccc(C(F)(F)F)cc2F)cc1N. The Bertz CT molecular complexity index is 1040. The Kier molecular flexibility index (Phi) is 7.00. The molecular formula is C17H17F4N3O5S. The number of nitrogens with one attached hydrogen (secondary N) is 1. The van der Waals surface area contributed by atoms with Gasteiger partial charge in [0.15, 0.2) is 5.69 Å². The number of aromatic nitrogens is 1. The van der Waals surface area contributed by atoms with Gasteiger partial charge >= 0.3 is 6.18 Å². The van der Waals surface area contributed by atoms with Gasteiger partial charge in [0.05, 0.1) is 28.9 Å². The summed E-state index contributed by atoms with van der Waals surface area (Å²) in [5.74, 6) is -2.41. The van der Waals surface area contributed by atoms with Crippen molar-refractivity contribution >= 4 is 21.4 Å². The Morgan fingerprint density at radius 1 is 1.33 bits per heavy atom.